The fraction of sp³-hybridized carbons (Fsp3) is 0.517. The summed E-state index contributed by atoms with van der Waals surface area (Å²) < 4.78 is 72.6. The largest absolute Gasteiger partial charge is 0.444 e. The molecule has 0 bridgehead atoms. The number of alkyl halides is 3. The average Bonchev–Trinajstić information content (AvgIpc) is 2.91. The second-order valence-electron chi connectivity index (χ2n) is 11.4. The van der Waals surface area contributed by atoms with E-state index in [0.717, 1.165) is 6.07 Å². The van der Waals surface area contributed by atoms with E-state index in [9.17, 15) is 31.2 Å². The molecule has 0 saturated carbocycles. The van der Waals surface area contributed by atoms with Crippen LogP contribution in [0.1, 0.15) is 54.7 Å². The Bertz CT molecular complexity index is 1460. The molecule has 44 heavy (non-hydrogen) atoms. The fourth-order valence-electron chi connectivity index (χ4n) is 4.63. The molecule has 15 heteroatoms. The number of rotatable bonds is 10. The first-order valence-corrected chi connectivity index (χ1v) is 16.4. The normalized spacial score (nSPS) is 15.2. The molecule has 9 nitrogen and oxygen atoms in total. The number of benzene rings is 2. The van der Waals surface area contributed by atoms with Crippen molar-refractivity contribution in [3.05, 3.63) is 62.6 Å². The van der Waals surface area contributed by atoms with Gasteiger partial charge in [0.05, 0.1) is 16.2 Å². The molecule has 2 aromatic rings. The molecule has 3 rings (SSSR count). The third-order valence-electron chi connectivity index (χ3n) is 6.88. The van der Waals surface area contributed by atoms with Crippen LogP contribution in [0.4, 0.5) is 18.0 Å². The lowest BCUT2D eigenvalue weighted by Gasteiger charge is -2.35. The van der Waals surface area contributed by atoms with Gasteiger partial charge in [0.15, 0.2) is 9.84 Å². The number of hydrogen-bond donors (Lipinski definition) is 2. The lowest BCUT2D eigenvalue weighted by molar-refractivity contribution is -0.138. The Labute approximate surface area is 265 Å². The van der Waals surface area contributed by atoms with E-state index in [4.69, 9.17) is 27.9 Å². The summed E-state index contributed by atoms with van der Waals surface area (Å²) in [4.78, 5) is 28.7. The van der Waals surface area contributed by atoms with E-state index < -0.39 is 39.2 Å². The van der Waals surface area contributed by atoms with Gasteiger partial charge in [-0.2, -0.15) is 13.2 Å². The fourth-order valence-corrected chi connectivity index (χ4v) is 6.22. The summed E-state index contributed by atoms with van der Waals surface area (Å²) in [6, 6.07) is 6.07. The van der Waals surface area contributed by atoms with E-state index in [-0.39, 0.29) is 50.5 Å². The van der Waals surface area contributed by atoms with Crippen molar-refractivity contribution < 1.29 is 35.9 Å². The maximum atomic E-state index is 14.2. The van der Waals surface area contributed by atoms with Crippen molar-refractivity contribution in [1.29, 1.82) is 0 Å². The molecule has 1 heterocycles. The first-order chi connectivity index (χ1) is 20.4. The molecule has 0 aliphatic carbocycles. The van der Waals surface area contributed by atoms with Crippen molar-refractivity contribution >= 4 is 45.0 Å². The highest BCUT2D eigenvalue weighted by atomic mass is 35.5. The standard InChI is InChI=1S/C29H37Cl2F3N4O5S/c1-5-44(41,42)25-7-6-21(30)14-20(25)17-36-26(39)19-15-23(29(32,33)34)22(24(31)16-19)18-38-12-10-37(11-13-38)9-8-35-27(40)43-28(2,3)4/h6-7,14-16H,5,8-13,17-18H2,1-4H3,(H,35,40)(H,36,39). The van der Waals surface area contributed by atoms with E-state index in [1.807, 2.05) is 4.90 Å². The number of nitrogens with one attached hydrogen (secondary N) is 2. The van der Waals surface area contributed by atoms with Gasteiger partial charge in [0.1, 0.15) is 5.60 Å². The van der Waals surface area contributed by atoms with Crippen LogP contribution in [0.25, 0.3) is 0 Å². The van der Waals surface area contributed by atoms with Gasteiger partial charge in [0, 0.05) is 68.0 Å². The highest BCUT2D eigenvalue weighted by Gasteiger charge is 2.36. The predicted molar refractivity (Wildman–Crippen MR) is 163 cm³/mol. The molecule has 244 valence electrons. The third-order valence-corrected chi connectivity index (χ3v) is 9.28. The van der Waals surface area contributed by atoms with E-state index >= 15 is 0 Å². The van der Waals surface area contributed by atoms with Gasteiger partial charge >= 0.3 is 12.3 Å². The van der Waals surface area contributed by atoms with Gasteiger partial charge < -0.3 is 15.4 Å². The number of amides is 2. The highest BCUT2D eigenvalue weighted by molar-refractivity contribution is 7.91. The molecule has 1 aliphatic rings. The molecule has 2 N–H and O–H groups in total. The first kappa shape index (κ1) is 35.9. The summed E-state index contributed by atoms with van der Waals surface area (Å²) in [5.41, 5.74) is -1.85. The minimum Gasteiger partial charge on any atom is -0.444 e. The number of alkyl carbamates (subject to hydrolysis) is 1. The van der Waals surface area contributed by atoms with Crippen LogP contribution in [-0.4, -0.2) is 80.8 Å². The van der Waals surface area contributed by atoms with Crippen molar-refractivity contribution in [2.45, 2.75) is 57.5 Å². The minimum absolute atomic E-state index is 0.0199. The maximum Gasteiger partial charge on any atom is 0.416 e. The number of carbonyl (C=O) groups excluding carboxylic acids is 2. The highest BCUT2D eigenvalue weighted by Crippen LogP contribution is 2.37. The molecule has 0 aromatic heterocycles. The minimum atomic E-state index is -4.78. The molecular formula is C29H37Cl2F3N4O5S. The van der Waals surface area contributed by atoms with Crippen LogP contribution in [0.15, 0.2) is 35.2 Å². The van der Waals surface area contributed by atoms with Crippen molar-refractivity contribution in [3.8, 4) is 0 Å². The number of ether oxygens (including phenoxy) is 1. The molecule has 0 radical (unpaired) electrons. The zero-order valence-corrected chi connectivity index (χ0v) is 27.3. The van der Waals surface area contributed by atoms with Crippen molar-refractivity contribution in [2.75, 3.05) is 45.0 Å². The molecule has 2 aromatic carbocycles. The topological polar surface area (TPSA) is 108 Å². The van der Waals surface area contributed by atoms with E-state index in [1.165, 1.54) is 31.2 Å². The number of carbonyl (C=O) groups is 2. The maximum absolute atomic E-state index is 14.2. The molecule has 2 amide bonds. The number of piperazine rings is 1. The Morgan fingerprint density at radius 3 is 2.20 bits per heavy atom. The molecule has 0 unspecified atom stereocenters. The van der Waals surface area contributed by atoms with Gasteiger partial charge in [-0.15, -0.1) is 0 Å². The quantitative estimate of drug-likeness (QED) is 0.347. The Hall–Kier alpha value is -2.58. The summed E-state index contributed by atoms with van der Waals surface area (Å²) in [5.74, 6) is -1.03. The Morgan fingerprint density at radius 2 is 1.61 bits per heavy atom. The number of halogens is 5. The van der Waals surface area contributed by atoms with Crippen LogP contribution in [0.5, 0.6) is 0 Å². The van der Waals surface area contributed by atoms with Gasteiger partial charge in [-0.1, -0.05) is 30.1 Å². The van der Waals surface area contributed by atoms with Crippen molar-refractivity contribution in [3.63, 3.8) is 0 Å². The number of nitrogens with zero attached hydrogens (tertiary/aromatic N) is 2. The zero-order chi connectivity index (χ0) is 32.9. The number of sulfone groups is 1. The van der Waals surface area contributed by atoms with Gasteiger partial charge in [-0.25, -0.2) is 13.2 Å². The number of hydrogen-bond acceptors (Lipinski definition) is 7. The average molecular weight is 682 g/mol. The lowest BCUT2D eigenvalue weighted by Crippen LogP contribution is -2.48. The Morgan fingerprint density at radius 1 is 0.977 bits per heavy atom. The second kappa shape index (κ2) is 14.7. The predicted octanol–water partition coefficient (Wildman–Crippen LogP) is 5.38. The molecule has 1 aliphatic heterocycles. The Balaban J connectivity index is 1.66. The van der Waals surface area contributed by atoms with Crippen molar-refractivity contribution in [2.24, 2.45) is 0 Å². The van der Waals surface area contributed by atoms with Gasteiger partial charge in [0.25, 0.3) is 5.91 Å². The van der Waals surface area contributed by atoms with Crippen LogP contribution in [0.2, 0.25) is 10.0 Å². The van der Waals surface area contributed by atoms with Crippen molar-refractivity contribution in [1.82, 2.24) is 20.4 Å². The van der Waals surface area contributed by atoms with Crippen LogP contribution < -0.4 is 10.6 Å². The summed E-state index contributed by atoms with van der Waals surface area (Å²) in [7, 11) is -3.64. The zero-order valence-electron chi connectivity index (χ0n) is 25.0. The molecule has 1 fully saturated rings. The summed E-state index contributed by atoms with van der Waals surface area (Å²) in [5, 5.41) is 5.22. The van der Waals surface area contributed by atoms with Gasteiger partial charge in [-0.3, -0.25) is 14.6 Å². The van der Waals surface area contributed by atoms with E-state index in [0.29, 0.717) is 39.3 Å². The summed E-state index contributed by atoms with van der Waals surface area (Å²) in [6.07, 6.45) is -5.29. The first-order valence-electron chi connectivity index (χ1n) is 14.0. The van der Waals surface area contributed by atoms with Crippen LogP contribution in [-0.2, 0) is 33.8 Å². The van der Waals surface area contributed by atoms with Gasteiger partial charge in [0.2, 0.25) is 0 Å². The van der Waals surface area contributed by atoms with Crippen LogP contribution in [0, 0.1) is 0 Å². The van der Waals surface area contributed by atoms with Gasteiger partial charge in [-0.05, 0) is 62.2 Å². The smallest absolute Gasteiger partial charge is 0.416 e. The van der Waals surface area contributed by atoms with Crippen LogP contribution >= 0.6 is 23.2 Å². The molecule has 0 spiro atoms. The Kier molecular flexibility index (Phi) is 12.0. The summed E-state index contributed by atoms with van der Waals surface area (Å²) in [6.45, 7) is 9.49. The SMILES string of the molecule is CCS(=O)(=O)c1ccc(Cl)cc1CNC(=O)c1cc(Cl)c(CN2CCN(CCNC(=O)OC(C)(C)C)CC2)c(C(F)(F)F)c1. The second-order valence-corrected chi connectivity index (χ2v) is 14.5. The molecular weight excluding hydrogens is 644 g/mol. The van der Waals surface area contributed by atoms with E-state index in [1.54, 1.807) is 20.8 Å². The lowest BCUT2D eigenvalue weighted by atomic mass is 10.0. The molecule has 1 saturated heterocycles. The van der Waals surface area contributed by atoms with E-state index in [2.05, 4.69) is 15.5 Å². The monoisotopic (exact) mass is 680 g/mol. The third kappa shape index (κ3) is 10.2. The van der Waals surface area contributed by atoms with Crippen LogP contribution in [0.3, 0.4) is 0 Å². The summed E-state index contributed by atoms with van der Waals surface area (Å²) >= 11 is 12.4. The molecule has 0 atom stereocenters.